The van der Waals surface area contributed by atoms with Crippen LogP contribution in [-0.2, 0) is 16.2 Å². The summed E-state index contributed by atoms with van der Waals surface area (Å²) in [5, 5.41) is 2.45. The van der Waals surface area contributed by atoms with Crippen LogP contribution in [0.3, 0.4) is 0 Å². The fraction of sp³-hybridized carbons (Fsp3) is 0.186. The molecule has 0 unspecified atom stereocenters. The number of nitrogens with zero attached hydrogens (tertiary/aromatic N) is 2. The summed E-state index contributed by atoms with van der Waals surface area (Å²) in [4.78, 5) is 2.49. The van der Waals surface area contributed by atoms with Crippen molar-refractivity contribution in [3.05, 3.63) is 204 Å². The summed E-state index contributed by atoms with van der Waals surface area (Å²) in [7, 11) is 0. The molecule has 10 rings (SSSR count). The van der Waals surface area contributed by atoms with Gasteiger partial charge >= 0.3 is 0 Å². The van der Waals surface area contributed by atoms with Gasteiger partial charge in [0.1, 0.15) is 0 Å². The molecular formula is C59H54N2. The van der Waals surface area contributed by atoms with Crippen LogP contribution < -0.4 is 4.90 Å². The summed E-state index contributed by atoms with van der Waals surface area (Å²) in [6, 6.07) is 67.9. The molecule has 1 aliphatic carbocycles. The van der Waals surface area contributed by atoms with Crippen LogP contribution in [-0.4, -0.2) is 4.57 Å². The average molecular weight is 791 g/mol. The van der Waals surface area contributed by atoms with E-state index in [0.717, 1.165) is 22.7 Å². The van der Waals surface area contributed by atoms with E-state index in [1.807, 2.05) is 0 Å². The van der Waals surface area contributed by atoms with Crippen LogP contribution in [0.1, 0.15) is 77.6 Å². The van der Waals surface area contributed by atoms with Gasteiger partial charge in [-0.3, -0.25) is 0 Å². The fourth-order valence-corrected chi connectivity index (χ4v) is 9.62. The quantitative estimate of drug-likeness (QED) is 0.163. The molecule has 2 nitrogen and oxygen atoms in total. The van der Waals surface area contributed by atoms with Crippen LogP contribution in [0.25, 0.3) is 60.9 Å². The third-order valence-electron chi connectivity index (χ3n) is 13.1. The largest absolute Gasteiger partial charge is 0.310 e. The summed E-state index contributed by atoms with van der Waals surface area (Å²) in [5.41, 5.74) is 19.8. The van der Waals surface area contributed by atoms with E-state index in [4.69, 9.17) is 0 Å². The van der Waals surface area contributed by atoms with E-state index in [2.05, 4.69) is 247 Å². The Labute approximate surface area is 361 Å². The van der Waals surface area contributed by atoms with Crippen molar-refractivity contribution in [2.45, 2.75) is 71.6 Å². The van der Waals surface area contributed by atoms with E-state index >= 15 is 0 Å². The number of para-hydroxylation sites is 1. The van der Waals surface area contributed by atoms with Crippen molar-refractivity contribution < 1.29 is 0 Å². The van der Waals surface area contributed by atoms with Gasteiger partial charge in [-0.15, -0.1) is 0 Å². The lowest BCUT2D eigenvalue weighted by atomic mass is 9.79. The minimum atomic E-state index is -0.131. The molecule has 8 aromatic carbocycles. The Bertz CT molecular complexity index is 3060. The maximum absolute atomic E-state index is 2.49. The van der Waals surface area contributed by atoms with Gasteiger partial charge in [-0.05, 0) is 121 Å². The monoisotopic (exact) mass is 790 g/mol. The van der Waals surface area contributed by atoms with Gasteiger partial charge < -0.3 is 9.47 Å². The molecule has 0 radical (unpaired) electrons. The molecule has 0 saturated carbocycles. The van der Waals surface area contributed by atoms with Crippen LogP contribution in [0.15, 0.2) is 182 Å². The number of fused-ring (bicyclic) bond motifs is 6. The van der Waals surface area contributed by atoms with Crippen molar-refractivity contribution in [2.75, 3.05) is 4.90 Å². The van der Waals surface area contributed by atoms with Crippen molar-refractivity contribution in [2.24, 2.45) is 0 Å². The van der Waals surface area contributed by atoms with Gasteiger partial charge in [0.05, 0.1) is 16.7 Å². The lowest BCUT2D eigenvalue weighted by Gasteiger charge is -2.29. The van der Waals surface area contributed by atoms with Gasteiger partial charge in [-0.25, -0.2) is 0 Å². The number of hydrogen-bond donors (Lipinski definition) is 0. The molecule has 0 spiro atoms. The van der Waals surface area contributed by atoms with Crippen LogP contribution in [0.5, 0.6) is 0 Å². The smallest absolute Gasteiger partial charge is 0.0562 e. The topological polar surface area (TPSA) is 8.17 Å². The van der Waals surface area contributed by atoms with E-state index in [9.17, 15) is 0 Å². The first-order valence-corrected chi connectivity index (χ1v) is 21.8. The lowest BCUT2D eigenvalue weighted by molar-refractivity contribution is 0.569. The highest BCUT2D eigenvalue weighted by molar-refractivity contribution is 6.17. The van der Waals surface area contributed by atoms with Crippen molar-refractivity contribution in [3.63, 3.8) is 0 Å². The number of hydrogen-bond acceptors (Lipinski definition) is 1. The molecule has 0 N–H and O–H groups in total. The number of aromatic nitrogens is 1. The Morgan fingerprint density at radius 1 is 0.426 bits per heavy atom. The van der Waals surface area contributed by atoms with Crippen molar-refractivity contribution in [3.8, 4) is 39.1 Å². The van der Waals surface area contributed by atoms with Crippen molar-refractivity contribution in [1.29, 1.82) is 0 Å². The maximum atomic E-state index is 2.49. The number of benzene rings is 8. The molecular weight excluding hydrogens is 737 g/mol. The van der Waals surface area contributed by atoms with Gasteiger partial charge in [-0.1, -0.05) is 183 Å². The van der Waals surface area contributed by atoms with Crippen molar-refractivity contribution in [1.82, 2.24) is 4.57 Å². The second kappa shape index (κ2) is 14.2. The minimum Gasteiger partial charge on any atom is -0.310 e. The fourth-order valence-electron chi connectivity index (χ4n) is 9.62. The molecule has 0 fully saturated rings. The Hall–Kier alpha value is -6.64. The van der Waals surface area contributed by atoms with Gasteiger partial charge in [0.2, 0.25) is 0 Å². The zero-order valence-electron chi connectivity index (χ0n) is 36.7. The normalized spacial score (nSPS) is 13.4. The van der Waals surface area contributed by atoms with E-state index < -0.39 is 0 Å². The van der Waals surface area contributed by atoms with E-state index in [1.54, 1.807) is 0 Å². The summed E-state index contributed by atoms with van der Waals surface area (Å²) in [6.45, 7) is 18.6. The first-order valence-electron chi connectivity index (χ1n) is 21.8. The van der Waals surface area contributed by atoms with Gasteiger partial charge in [0.15, 0.2) is 0 Å². The third-order valence-corrected chi connectivity index (χ3v) is 13.1. The first kappa shape index (κ1) is 38.6. The Balaban J connectivity index is 1.23. The second-order valence-electron chi connectivity index (χ2n) is 19.5. The predicted molar refractivity (Wildman–Crippen MR) is 261 cm³/mol. The van der Waals surface area contributed by atoms with Gasteiger partial charge in [0, 0.05) is 33.2 Å². The predicted octanol–water partition coefficient (Wildman–Crippen LogP) is 16.5. The second-order valence-corrected chi connectivity index (χ2v) is 19.5. The number of rotatable bonds is 6. The van der Waals surface area contributed by atoms with Crippen LogP contribution in [0.2, 0.25) is 0 Å². The molecule has 61 heavy (non-hydrogen) atoms. The molecule has 1 aromatic heterocycles. The van der Waals surface area contributed by atoms with Crippen LogP contribution >= 0.6 is 0 Å². The standard InChI is InChI=1S/C59H54N2/c1-57(2,3)43-34-42(35-44(37-43)58(4,5)6)41-28-32-50-55(36-41)61(45-20-13-10-14-21-45)54-25-17-24-53(56(50)54)60(46-29-26-40(27-30-46)39-18-11-9-12-19-39)47-31-33-49-48-22-15-16-23-51(48)59(7,8)52(49)38-47/h9-38H,1-8H3. The maximum Gasteiger partial charge on any atom is 0.0562 e. The molecule has 1 aliphatic rings. The molecule has 0 bridgehead atoms. The van der Waals surface area contributed by atoms with Crippen molar-refractivity contribution >= 4 is 38.9 Å². The SMILES string of the molecule is CC(C)(C)c1cc(-c2ccc3c4c(N(c5ccc(-c6ccccc6)cc5)c5ccc6c(c5)C(C)(C)c5ccccc5-6)cccc4n(-c4ccccc4)c3c2)cc(C(C)(C)C)c1. The number of anilines is 3. The highest BCUT2D eigenvalue weighted by Crippen LogP contribution is 2.52. The Morgan fingerprint density at radius 3 is 1.70 bits per heavy atom. The van der Waals surface area contributed by atoms with Gasteiger partial charge in [0.25, 0.3) is 0 Å². The lowest BCUT2D eigenvalue weighted by Crippen LogP contribution is -2.16. The average Bonchev–Trinajstić information content (AvgIpc) is 3.72. The zero-order valence-corrected chi connectivity index (χ0v) is 36.7. The van der Waals surface area contributed by atoms with E-state index in [1.165, 1.54) is 77.4 Å². The summed E-state index contributed by atoms with van der Waals surface area (Å²) in [6.07, 6.45) is 0. The van der Waals surface area contributed by atoms with Crippen LogP contribution in [0.4, 0.5) is 17.1 Å². The first-order chi connectivity index (χ1) is 29.3. The molecule has 0 saturated heterocycles. The minimum absolute atomic E-state index is 0.0201. The van der Waals surface area contributed by atoms with E-state index in [0.29, 0.717) is 0 Å². The molecule has 9 aromatic rings. The van der Waals surface area contributed by atoms with Crippen LogP contribution in [0, 0.1) is 0 Å². The molecule has 0 atom stereocenters. The van der Waals surface area contributed by atoms with E-state index in [-0.39, 0.29) is 16.2 Å². The molecule has 0 amide bonds. The molecule has 2 heteroatoms. The Kier molecular flexibility index (Phi) is 9.00. The molecule has 300 valence electrons. The van der Waals surface area contributed by atoms with Gasteiger partial charge in [-0.2, -0.15) is 0 Å². The summed E-state index contributed by atoms with van der Waals surface area (Å²) >= 11 is 0. The highest BCUT2D eigenvalue weighted by atomic mass is 15.1. The molecule has 1 heterocycles. The Morgan fingerprint density at radius 2 is 1.02 bits per heavy atom. The summed E-state index contributed by atoms with van der Waals surface area (Å²) < 4.78 is 2.47. The molecule has 0 aliphatic heterocycles. The third kappa shape index (κ3) is 6.57. The summed E-state index contributed by atoms with van der Waals surface area (Å²) in [5.74, 6) is 0. The highest BCUT2D eigenvalue weighted by Gasteiger charge is 2.36. The zero-order chi connectivity index (χ0) is 42.3.